The minimum Gasteiger partial charge on any atom is -0.351 e. The third kappa shape index (κ3) is 3.48. The van der Waals surface area contributed by atoms with Crippen molar-refractivity contribution in [1.29, 1.82) is 0 Å². The van der Waals surface area contributed by atoms with Crippen LogP contribution in [0.1, 0.15) is 33.1 Å². The summed E-state index contributed by atoms with van der Waals surface area (Å²) in [6.45, 7) is 6.06. The first-order valence-electron chi connectivity index (χ1n) is 6.83. The van der Waals surface area contributed by atoms with E-state index in [1.54, 1.807) is 0 Å². The fourth-order valence-corrected chi connectivity index (χ4v) is 2.64. The molecule has 1 fully saturated rings. The average Bonchev–Trinajstić information content (AvgIpc) is 2.40. The van der Waals surface area contributed by atoms with Crippen LogP contribution in [-0.2, 0) is 0 Å². The van der Waals surface area contributed by atoms with Crippen molar-refractivity contribution in [3.05, 3.63) is 21.7 Å². The van der Waals surface area contributed by atoms with Crippen molar-refractivity contribution in [3.8, 4) is 0 Å². The lowest BCUT2D eigenvalue weighted by atomic mass is 10.0. The Hall–Kier alpha value is -1.07. The first-order chi connectivity index (χ1) is 9.09. The van der Waals surface area contributed by atoms with Gasteiger partial charge in [0, 0.05) is 18.6 Å². The second kappa shape index (κ2) is 6.39. The minimum absolute atomic E-state index is 0.173. The summed E-state index contributed by atoms with van der Waals surface area (Å²) in [4.78, 5) is 20.4. The maximum atomic E-state index is 11.6. The molecule has 0 radical (unpaired) electrons. The number of anilines is 1. The number of aromatic amines is 1. The van der Waals surface area contributed by atoms with Gasteiger partial charge in [0.25, 0.3) is 5.56 Å². The molecule has 1 aliphatic heterocycles. The van der Waals surface area contributed by atoms with Gasteiger partial charge in [0.1, 0.15) is 5.02 Å². The predicted octanol–water partition coefficient (Wildman–Crippen LogP) is 1.78. The summed E-state index contributed by atoms with van der Waals surface area (Å²) in [6, 6.07) is 0.684. The lowest BCUT2D eigenvalue weighted by molar-refractivity contribution is 0.392. The summed E-state index contributed by atoms with van der Waals surface area (Å²) in [7, 11) is 0. The van der Waals surface area contributed by atoms with E-state index in [0.717, 1.165) is 19.5 Å². The van der Waals surface area contributed by atoms with Crippen LogP contribution in [0.3, 0.4) is 0 Å². The summed E-state index contributed by atoms with van der Waals surface area (Å²) in [5.41, 5.74) is -0.283. The SMILES string of the molecule is CC(C)N(CC1CCCCN1)c1nc[nH]c(=O)c1Cl. The van der Waals surface area contributed by atoms with E-state index in [0.29, 0.717) is 11.9 Å². The molecule has 2 rings (SSSR count). The first kappa shape index (κ1) is 14.3. The van der Waals surface area contributed by atoms with Crippen LogP contribution in [0.5, 0.6) is 0 Å². The zero-order chi connectivity index (χ0) is 13.8. The van der Waals surface area contributed by atoms with E-state index in [-0.39, 0.29) is 16.6 Å². The Kier molecular flexibility index (Phi) is 4.82. The van der Waals surface area contributed by atoms with Gasteiger partial charge in [-0.1, -0.05) is 18.0 Å². The monoisotopic (exact) mass is 284 g/mol. The topological polar surface area (TPSA) is 61.0 Å². The molecule has 1 unspecified atom stereocenters. The third-order valence-electron chi connectivity index (χ3n) is 3.50. The molecular weight excluding hydrogens is 264 g/mol. The lowest BCUT2D eigenvalue weighted by Crippen LogP contribution is -2.46. The Balaban J connectivity index is 2.19. The van der Waals surface area contributed by atoms with Crippen LogP contribution in [-0.4, -0.2) is 35.1 Å². The normalized spacial score (nSPS) is 19.7. The van der Waals surface area contributed by atoms with E-state index in [2.05, 4.69) is 34.0 Å². The van der Waals surface area contributed by atoms with Crippen LogP contribution in [0.25, 0.3) is 0 Å². The molecule has 0 spiro atoms. The van der Waals surface area contributed by atoms with E-state index >= 15 is 0 Å². The van der Waals surface area contributed by atoms with E-state index in [9.17, 15) is 4.79 Å². The summed E-state index contributed by atoms with van der Waals surface area (Å²) in [6.07, 6.45) is 5.06. The third-order valence-corrected chi connectivity index (χ3v) is 3.84. The Bertz CT molecular complexity index is 468. The highest BCUT2D eigenvalue weighted by atomic mass is 35.5. The summed E-state index contributed by atoms with van der Waals surface area (Å²) in [5, 5.41) is 3.68. The van der Waals surface area contributed by atoms with Gasteiger partial charge in [-0.05, 0) is 33.2 Å². The first-order valence-corrected chi connectivity index (χ1v) is 7.20. The fraction of sp³-hybridized carbons (Fsp3) is 0.692. The standard InChI is InChI=1S/C13H21ClN4O/c1-9(2)18(7-10-5-3-4-6-15-10)12-11(14)13(19)17-8-16-12/h8-10,15H,3-7H2,1-2H3,(H,16,17,19). The second-order valence-corrected chi connectivity index (χ2v) is 5.64. The molecule has 1 atom stereocenters. The fourth-order valence-electron chi connectivity index (χ4n) is 2.43. The van der Waals surface area contributed by atoms with Gasteiger partial charge in [-0.2, -0.15) is 0 Å². The van der Waals surface area contributed by atoms with Gasteiger partial charge in [0.2, 0.25) is 0 Å². The van der Waals surface area contributed by atoms with Crippen molar-refractivity contribution >= 4 is 17.4 Å². The van der Waals surface area contributed by atoms with Crippen LogP contribution >= 0.6 is 11.6 Å². The molecule has 0 bridgehead atoms. The van der Waals surface area contributed by atoms with Crippen molar-refractivity contribution < 1.29 is 0 Å². The molecule has 1 aromatic rings. The molecule has 2 heterocycles. The van der Waals surface area contributed by atoms with Crippen molar-refractivity contribution in [1.82, 2.24) is 15.3 Å². The Labute approximate surface area is 118 Å². The average molecular weight is 285 g/mol. The molecule has 1 aliphatic rings. The van der Waals surface area contributed by atoms with Gasteiger partial charge in [0.05, 0.1) is 6.33 Å². The quantitative estimate of drug-likeness (QED) is 0.885. The van der Waals surface area contributed by atoms with Crippen molar-refractivity contribution in [2.45, 2.75) is 45.2 Å². The molecule has 106 valence electrons. The summed E-state index contributed by atoms with van der Waals surface area (Å²) < 4.78 is 0. The molecular formula is C13H21ClN4O. The molecule has 1 saturated heterocycles. The predicted molar refractivity (Wildman–Crippen MR) is 78.0 cm³/mol. The molecule has 5 nitrogen and oxygen atoms in total. The van der Waals surface area contributed by atoms with Crippen LogP contribution < -0.4 is 15.8 Å². The maximum Gasteiger partial charge on any atom is 0.271 e. The minimum atomic E-state index is -0.283. The zero-order valence-corrected chi connectivity index (χ0v) is 12.2. The molecule has 19 heavy (non-hydrogen) atoms. The number of nitrogens with one attached hydrogen (secondary N) is 2. The number of hydrogen-bond acceptors (Lipinski definition) is 4. The zero-order valence-electron chi connectivity index (χ0n) is 11.4. The van der Waals surface area contributed by atoms with Crippen LogP contribution in [0, 0.1) is 0 Å². The highest BCUT2D eigenvalue weighted by Gasteiger charge is 2.22. The number of halogens is 1. The van der Waals surface area contributed by atoms with Crippen LogP contribution in [0.15, 0.2) is 11.1 Å². The number of hydrogen-bond donors (Lipinski definition) is 2. The largest absolute Gasteiger partial charge is 0.351 e. The van der Waals surface area contributed by atoms with Crippen LogP contribution in [0.4, 0.5) is 5.82 Å². The van der Waals surface area contributed by atoms with Crippen LogP contribution in [0.2, 0.25) is 5.02 Å². The molecule has 0 aliphatic carbocycles. The number of nitrogens with zero attached hydrogens (tertiary/aromatic N) is 2. The smallest absolute Gasteiger partial charge is 0.271 e. The number of H-pyrrole nitrogens is 1. The van der Waals surface area contributed by atoms with Crippen molar-refractivity contribution in [3.63, 3.8) is 0 Å². The van der Waals surface area contributed by atoms with E-state index in [1.165, 1.54) is 19.2 Å². The van der Waals surface area contributed by atoms with E-state index in [1.807, 2.05) is 0 Å². The summed E-state index contributed by atoms with van der Waals surface area (Å²) in [5.74, 6) is 0.577. The van der Waals surface area contributed by atoms with E-state index < -0.39 is 0 Å². The van der Waals surface area contributed by atoms with Crippen molar-refractivity contribution in [2.24, 2.45) is 0 Å². The number of piperidine rings is 1. The maximum absolute atomic E-state index is 11.6. The van der Waals surface area contributed by atoms with E-state index in [4.69, 9.17) is 11.6 Å². The number of rotatable bonds is 4. The van der Waals surface area contributed by atoms with Gasteiger partial charge in [0.15, 0.2) is 5.82 Å². The van der Waals surface area contributed by atoms with Gasteiger partial charge < -0.3 is 15.2 Å². The lowest BCUT2D eigenvalue weighted by Gasteiger charge is -2.34. The van der Waals surface area contributed by atoms with Crippen molar-refractivity contribution in [2.75, 3.05) is 18.0 Å². The second-order valence-electron chi connectivity index (χ2n) is 5.26. The molecule has 0 saturated carbocycles. The molecule has 6 heteroatoms. The van der Waals surface area contributed by atoms with Gasteiger partial charge >= 0.3 is 0 Å². The Morgan fingerprint density at radius 2 is 2.32 bits per heavy atom. The molecule has 2 N–H and O–H groups in total. The van der Waals surface area contributed by atoms with Gasteiger partial charge in [-0.15, -0.1) is 0 Å². The Morgan fingerprint density at radius 3 is 2.95 bits per heavy atom. The Morgan fingerprint density at radius 1 is 1.53 bits per heavy atom. The highest BCUT2D eigenvalue weighted by Crippen LogP contribution is 2.22. The highest BCUT2D eigenvalue weighted by molar-refractivity contribution is 6.32. The molecule has 0 aromatic carbocycles. The van der Waals surface area contributed by atoms with Gasteiger partial charge in [-0.3, -0.25) is 4.79 Å². The molecule has 0 amide bonds. The number of aromatic nitrogens is 2. The molecule has 1 aromatic heterocycles. The summed E-state index contributed by atoms with van der Waals surface area (Å²) >= 11 is 6.08. The van der Waals surface area contributed by atoms with Gasteiger partial charge in [-0.25, -0.2) is 4.98 Å².